The van der Waals surface area contributed by atoms with Crippen molar-refractivity contribution in [1.82, 2.24) is 9.97 Å². The Kier molecular flexibility index (Phi) is 1.77. The van der Waals surface area contributed by atoms with E-state index in [0.717, 1.165) is 17.5 Å². The van der Waals surface area contributed by atoms with E-state index < -0.39 is 0 Å². The molecule has 0 saturated carbocycles. The van der Waals surface area contributed by atoms with E-state index in [1.54, 1.807) is 6.07 Å². The summed E-state index contributed by atoms with van der Waals surface area (Å²) < 4.78 is 0. The van der Waals surface area contributed by atoms with Gasteiger partial charge in [0.2, 0.25) is 0 Å². The fourth-order valence-corrected chi connectivity index (χ4v) is 1.38. The second-order valence-corrected chi connectivity index (χ2v) is 3.11. The number of rotatable bonds is 1. The third-order valence-corrected chi connectivity index (χ3v) is 2.09. The van der Waals surface area contributed by atoms with E-state index in [4.69, 9.17) is 11.6 Å². The smallest absolute Gasteiger partial charge is 0.139 e. The van der Waals surface area contributed by atoms with E-state index in [9.17, 15) is 0 Å². The van der Waals surface area contributed by atoms with Gasteiger partial charge in [-0.25, -0.2) is 4.98 Å². The number of halogens is 1. The molecule has 0 aliphatic rings. The number of H-pyrrole nitrogens is 1. The standard InChI is InChI=1S/C9H9ClN2/c1-2-7-5-6-3-4-8(10)12-9(6)11-7/h3-5H,2H2,1H3,(H,11,12). The molecule has 0 atom stereocenters. The molecule has 0 radical (unpaired) electrons. The van der Waals surface area contributed by atoms with Crippen LogP contribution in [0.5, 0.6) is 0 Å². The highest BCUT2D eigenvalue weighted by Gasteiger charge is 1.99. The first-order chi connectivity index (χ1) is 5.79. The van der Waals surface area contributed by atoms with Gasteiger partial charge in [0.05, 0.1) is 0 Å². The van der Waals surface area contributed by atoms with Crippen LogP contribution >= 0.6 is 11.6 Å². The quantitative estimate of drug-likeness (QED) is 0.672. The summed E-state index contributed by atoms with van der Waals surface area (Å²) in [6.07, 6.45) is 0.994. The van der Waals surface area contributed by atoms with Gasteiger partial charge in [0.15, 0.2) is 0 Å². The molecule has 2 aromatic heterocycles. The summed E-state index contributed by atoms with van der Waals surface area (Å²) in [7, 11) is 0. The van der Waals surface area contributed by atoms with Crippen LogP contribution in [0.1, 0.15) is 12.6 Å². The zero-order chi connectivity index (χ0) is 8.55. The molecule has 0 aliphatic heterocycles. The summed E-state index contributed by atoms with van der Waals surface area (Å²) in [5.41, 5.74) is 2.07. The molecule has 1 N–H and O–H groups in total. The van der Waals surface area contributed by atoms with E-state index in [1.807, 2.05) is 6.07 Å². The minimum atomic E-state index is 0.534. The number of fused-ring (bicyclic) bond motifs is 1. The van der Waals surface area contributed by atoms with E-state index in [1.165, 1.54) is 5.69 Å². The Labute approximate surface area is 75.6 Å². The predicted octanol–water partition coefficient (Wildman–Crippen LogP) is 2.78. The minimum absolute atomic E-state index is 0.534. The van der Waals surface area contributed by atoms with Gasteiger partial charge < -0.3 is 4.98 Å². The molecule has 3 heteroatoms. The molecule has 2 heterocycles. The SMILES string of the molecule is CCc1cc2ccc(Cl)nc2[nH]1. The van der Waals surface area contributed by atoms with Crippen LogP contribution in [0.3, 0.4) is 0 Å². The Bertz CT molecular complexity index is 406. The van der Waals surface area contributed by atoms with Gasteiger partial charge in [-0.15, -0.1) is 0 Å². The number of aryl methyl sites for hydroxylation is 1. The molecule has 62 valence electrons. The van der Waals surface area contributed by atoms with E-state index >= 15 is 0 Å². The first-order valence-corrected chi connectivity index (χ1v) is 4.31. The maximum absolute atomic E-state index is 5.74. The molecule has 0 aliphatic carbocycles. The third kappa shape index (κ3) is 1.18. The molecule has 0 spiro atoms. The average Bonchev–Trinajstić information content (AvgIpc) is 2.46. The van der Waals surface area contributed by atoms with Crippen LogP contribution in [0.25, 0.3) is 11.0 Å². The number of nitrogens with one attached hydrogen (secondary N) is 1. The Morgan fingerprint density at radius 1 is 1.50 bits per heavy atom. The van der Waals surface area contributed by atoms with Crippen LogP contribution in [0.4, 0.5) is 0 Å². The second-order valence-electron chi connectivity index (χ2n) is 2.72. The number of aromatic amines is 1. The molecule has 2 nitrogen and oxygen atoms in total. The molecule has 12 heavy (non-hydrogen) atoms. The van der Waals surface area contributed by atoms with E-state index in [2.05, 4.69) is 23.0 Å². The fourth-order valence-electron chi connectivity index (χ4n) is 1.23. The van der Waals surface area contributed by atoms with Crippen molar-refractivity contribution < 1.29 is 0 Å². The second kappa shape index (κ2) is 2.79. The lowest BCUT2D eigenvalue weighted by Crippen LogP contribution is -1.78. The number of nitrogens with zero attached hydrogens (tertiary/aromatic N) is 1. The van der Waals surface area contributed by atoms with Crippen molar-refractivity contribution >= 4 is 22.6 Å². The lowest BCUT2D eigenvalue weighted by atomic mass is 10.3. The van der Waals surface area contributed by atoms with Crippen molar-refractivity contribution in [2.45, 2.75) is 13.3 Å². The van der Waals surface area contributed by atoms with Crippen molar-refractivity contribution in [3.63, 3.8) is 0 Å². The largest absolute Gasteiger partial charge is 0.343 e. The summed E-state index contributed by atoms with van der Waals surface area (Å²) in [5.74, 6) is 0. The van der Waals surface area contributed by atoms with Crippen molar-refractivity contribution in [1.29, 1.82) is 0 Å². The normalized spacial score (nSPS) is 10.8. The Morgan fingerprint density at radius 3 is 3.08 bits per heavy atom. The number of pyridine rings is 1. The van der Waals surface area contributed by atoms with Gasteiger partial charge in [0, 0.05) is 11.1 Å². The van der Waals surface area contributed by atoms with Crippen molar-refractivity contribution in [3.8, 4) is 0 Å². The number of hydrogen-bond acceptors (Lipinski definition) is 1. The third-order valence-electron chi connectivity index (χ3n) is 1.88. The Balaban J connectivity index is 2.67. The van der Waals surface area contributed by atoms with Crippen LogP contribution in [0, 0.1) is 0 Å². The van der Waals surface area contributed by atoms with Gasteiger partial charge in [-0.05, 0) is 24.6 Å². The van der Waals surface area contributed by atoms with Gasteiger partial charge in [0.25, 0.3) is 0 Å². The van der Waals surface area contributed by atoms with E-state index in [0.29, 0.717) is 5.15 Å². The van der Waals surface area contributed by atoms with Crippen LogP contribution in [0.15, 0.2) is 18.2 Å². The van der Waals surface area contributed by atoms with Crippen molar-refractivity contribution in [2.24, 2.45) is 0 Å². The summed E-state index contributed by atoms with van der Waals surface area (Å²) in [6, 6.07) is 5.87. The zero-order valence-electron chi connectivity index (χ0n) is 6.76. The molecule has 0 amide bonds. The first kappa shape index (κ1) is 7.62. The Morgan fingerprint density at radius 2 is 2.33 bits per heavy atom. The van der Waals surface area contributed by atoms with Gasteiger partial charge in [-0.1, -0.05) is 18.5 Å². The average molecular weight is 181 g/mol. The minimum Gasteiger partial charge on any atom is -0.343 e. The maximum Gasteiger partial charge on any atom is 0.139 e. The highest BCUT2D eigenvalue weighted by atomic mass is 35.5. The van der Waals surface area contributed by atoms with E-state index in [-0.39, 0.29) is 0 Å². The summed E-state index contributed by atoms with van der Waals surface area (Å²) >= 11 is 5.74. The van der Waals surface area contributed by atoms with Gasteiger partial charge in [-0.3, -0.25) is 0 Å². The monoisotopic (exact) mass is 180 g/mol. The molecule has 0 fully saturated rings. The lowest BCUT2D eigenvalue weighted by Gasteiger charge is -1.88. The molecule has 0 unspecified atom stereocenters. The van der Waals surface area contributed by atoms with Gasteiger partial charge in [0.1, 0.15) is 10.8 Å². The topological polar surface area (TPSA) is 28.7 Å². The Hall–Kier alpha value is -1.02. The van der Waals surface area contributed by atoms with Gasteiger partial charge >= 0.3 is 0 Å². The lowest BCUT2D eigenvalue weighted by molar-refractivity contribution is 1.07. The highest BCUT2D eigenvalue weighted by Crippen LogP contribution is 2.16. The van der Waals surface area contributed by atoms with Crippen LogP contribution in [0.2, 0.25) is 5.15 Å². The molecule has 0 saturated heterocycles. The van der Waals surface area contributed by atoms with Gasteiger partial charge in [-0.2, -0.15) is 0 Å². The molecular weight excluding hydrogens is 172 g/mol. The molecule has 0 bridgehead atoms. The summed E-state index contributed by atoms with van der Waals surface area (Å²) in [4.78, 5) is 7.34. The zero-order valence-corrected chi connectivity index (χ0v) is 7.52. The van der Waals surface area contributed by atoms with Crippen molar-refractivity contribution in [2.75, 3.05) is 0 Å². The van der Waals surface area contributed by atoms with Crippen LogP contribution < -0.4 is 0 Å². The fraction of sp³-hybridized carbons (Fsp3) is 0.222. The number of aromatic nitrogens is 2. The number of hydrogen-bond donors (Lipinski definition) is 1. The predicted molar refractivity (Wildman–Crippen MR) is 50.5 cm³/mol. The molecule has 2 rings (SSSR count). The molecular formula is C9H9ClN2. The van der Waals surface area contributed by atoms with Crippen LogP contribution in [-0.2, 0) is 6.42 Å². The first-order valence-electron chi connectivity index (χ1n) is 3.93. The molecule has 2 aromatic rings. The highest BCUT2D eigenvalue weighted by molar-refractivity contribution is 6.29. The van der Waals surface area contributed by atoms with Crippen molar-refractivity contribution in [3.05, 3.63) is 29.0 Å². The summed E-state index contributed by atoms with van der Waals surface area (Å²) in [6.45, 7) is 2.10. The summed E-state index contributed by atoms with van der Waals surface area (Å²) in [5, 5.41) is 1.66. The molecule has 0 aromatic carbocycles. The maximum atomic E-state index is 5.74. The van der Waals surface area contributed by atoms with Crippen LogP contribution in [-0.4, -0.2) is 9.97 Å².